The van der Waals surface area contributed by atoms with E-state index in [1.165, 1.54) is 6.42 Å². The summed E-state index contributed by atoms with van der Waals surface area (Å²) in [5.74, 6) is -1.40. The highest BCUT2D eigenvalue weighted by molar-refractivity contribution is 5.81. The van der Waals surface area contributed by atoms with Crippen LogP contribution in [0.2, 0.25) is 0 Å². The van der Waals surface area contributed by atoms with Gasteiger partial charge in [0.1, 0.15) is 5.92 Å². The van der Waals surface area contributed by atoms with Gasteiger partial charge in [-0.05, 0) is 18.3 Å². The van der Waals surface area contributed by atoms with Crippen molar-refractivity contribution in [3.05, 3.63) is 0 Å². The van der Waals surface area contributed by atoms with Crippen molar-refractivity contribution >= 4 is 11.9 Å². The number of likely N-dealkylation sites (N-methyl/N-ethyl adjacent to an activating group) is 1. The molecule has 3 atom stereocenters. The number of rotatable bonds is 3. The molecule has 2 rings (SSSR count). The molecular weight excluding hydrogens is 258 g/mol. The van der Waals surface area contributed by atoms with E-state index in [4.69, 9.17) is 4.74 Å². The number of amides is 1. The Balaban J connectivity index is 2.10. The monoisotopic (exact) mass is 283 g/mol. The van der Waals surface area contributed by atoms with Crippen LogP contribution in [0, 0.1) is 17.3 Å². The lowest BCUT2D eigenvalue weighted by atomic mass is 9.68. The quantitative estimate of drug-likeness (QED) is 0.857. The van der Waals surface area contributed by atoms with E-state index in [2.05, 4.69) is 13.8 Å². The van der Waals surface area contributed by atoms with E-state index in [0.717, 1.165) is 19.3 Å². The van der Waals surface area contributed by atoms with Crippen LogP contribution < -0.4 is 0 Å². The minimum Gasteiger partial charge on any atom is -0.481 e. The zero-order valence-corrected chi connectivity index (χ0v) is 12.6. The van der Waals surface area contributed by atoms with Crippen LogP contribution in [-0.4, -0.2) is 48.2 Å². The Kier molecular flexibility index (Phi) is 4.37. The molecule has 1 N–H and O–H groups in total. The van der Waals surface area contributed by atoms with E-state index < -0.39 is 11.9 Å². The van der Waals surface area contributed by atoms with Gasteiger partial charge in [0.25, 0.3) is 0 Å². The Morgan fingerprint density at radius 3 is 2.55 bits per heavy atom. The second-order valence-electron chi connectivity index (χ2n) is 6.79. The van der Waals surface area contributed by atoms with E-state index in [0.29, 0.717) is 6.61 Å². The number of carbonyl (C=O) groups excluding carboxylic acids is 1. The van der Waals surface area contributed by atoms with Gasteiger partial charge in [0.15, 0.2) is 0 Å². The molecule has 0 radical (unpaired) electrons. The third kappa shape index (κ3) is 2.82. The van der Waals surface area contributed by atoms with Crippen molar-refractivity contribution in [3.8, 4) is 0 Å². The van der Waals surface area contributed by atoms with E-state index >= 15 is 0 Å². The summed E-state index contributed by atoms with van der Waals surface area (Å²) in [5, 5.41) is 9.21. The standard InChI is InChI=1S/C15H25NO4/c1-15(2)7-5-4-6-11(15)13(17)16(3)12-9-20-8-10(12)14(18)19/h10-12H,4-9H2,1-3H3,(H,18,19). The van der Waals surface area contributed by atoms with Crippen LogP contribution in [0.15, 0.2) is 0 Å². The van der Waals surface area contributed by atoms with Crippen molar-refractivity contribution in [1.82, 2.24) is 4.90 Å². The van der Waals surface area contributed by atoms with Gasteiger partial charge in [-0.3, -0.25) is 9.59 Å². The molecule has 1 aliphatic heterocycles. The first-order chi connectivity index (χ1) is 9.34. The van der Waals surface area contributed by atoms with Gasteiger partial charge in [-0.25, -0.2) is 0 Å². The van der Waals surface area contributed by atoms with E-state index in [9.17, 15) is 14.7 Å². The highest BCUT2D eigenvalue weighted by Crippen LogP contribution is 2.41. The molecule has 1 saturated carbocycles. The molecule has 114 valence electrons. The SMILES string of the molecule is CN(C(=O)C1CCCCC1(C)C)C1COCC1C(=O)O. The summed E-state index contributed by atoms with van der Waals surface area (Å²) in [5.41, 5.74) is 0.00176. The second-order valence-corrected chi connectivity index (χ2v) is 6.79. The van der Waals surface area contributed by atoms with E-state index in [-0.39, 0.29) is 29.9 Å². The second kappa shape index (κ2) is 5.72. The molecule has 5 heteroatoms. The number of carboxylic acids is 1. The normalized spacial score (nSPS) is 32.9. The molecule has 0 aromatic carbocycles. The summed E-state index contributed by atoms with van der Waals surface area (Å²) >= 11 is 0. The number of nitrogens with zero attached hydrogens (tertiary/aromatic N) is 1. The van der Waals surface area contributed by atoms with Crippen molar-refractivity contribution in [2.45, 2.75) is 45.6 Å². The fraction of sp³-hybridized carbons (Fsp3) is 0.867. The summed E-state index contributed by atoms with van der Waals surface area (Å²) in [6, 6.07) is -0.335. The topological polar surface area (TPSA) is 66.8 Å². The van der Waals surface area contributed by atoms with Gasteiger partial charge in [-0.15, -0.1) is 0 Å². The summed E-state index contributed by atoms with van der Waals surface area (Å²) in [7, 11) is 1.72. The zero-order chi connectivity index (χ0) is 14.9. The predicted molar refractivity (Wildman–Crippen MR) is 74.2 cm³/mol. The van der Waals surface area contributed by atoms with Gasteiger partial charge < -0.3 is 14.7 Å². The van der Waals surface area contributed by atoms with Gasteiger partial charge in [0.05, 0.1) is 19.3 Å². The summed E-state index contributed by atoms with van der Waals surface area (Å²) in [4.78, 5) is 25.6. The van der Waals surface area contributed by atoms with Crippen LogP contribution in [0.4, 0.5) is 0 Å². The molecular formula is C15H25NO4. The first-order valence-electron chi connectivity index (χ1n) is 7.42. The van der Waals surface area contributed by atoms with Crippen LogP contribution >= 0.6 is 0 Å². The Hall–Kier alpha value is -1.10. The number of hydrogen-bond acceptors (Lipinski definition) is 3. The Labute approximate surface area is 120 Å². The molecule has 1 saturated heterocycles. The van der Waals surface area contributed by atoms with Gasteiger partial charge >= 0.3 is 5.97 Å². The van der Waals surface area contributed by atoms with Crippen molar-refractivity contribution in [2.24, 2.45) is 17.3 Å². The van der Waals surface area contributed by atoms with Gasteiger partial charge in [0, 0.05) is 13.0 Å². The molecule has 2 aliphatic rings. The maximum absolute atomic E-state index is 12.7. The van der Waals surface area contributed by atoms with Crippen molar-refractivity contribution in [1.29, 1.82) is 0 Å². The fourth-order valence-electron chi connectivity index (χ4n) is 3.52. The molecule has 1 heterocycles. The highest BCUT2D eigenvalue weighted by atomic mass is 16.5. The Morgan fingerprint density at radius 2 is 1.95 bits per heavy atom. The molecule has 0 spiro atoms. The lowest BCUT2D eigenvalue weighted by Gasteiger charge is -2.41. The Morgan fingerprint density at radius 1 is 1.25 bits per heavy atom. The highest BCUT2D eigenvalue weighted by Gasteiger charge is 2.43. The molecule has 5 nitrogen and oxygen atoms in total. The first-order valence-corrected chi connectivity index (χ1v) is 7.42. The maximum Gasteiger partial charge on any atom is 0.311 e. The molecule has 1 aliphatic carbocycles. The van der Waals surface area contributed by atoms with Crippen molar-refractivity contribution < 1.29 is 19.4 Å². The molecule has 3 unspecified atom stereocenters. The largest absolute Gasteiger partial charge is 0.481 e. The van der Waals surface area contributed by atoms with Crippen molar-refractivity contribution in [3.63, 3.8) is 0 Å². The molecule has 0 bridgehead atoms. The van der Waals surface area contributed by atoms with Gasteiger partial charge in [-0.2, -0.15) is 0 Å². The first kappa shape index (κ1) is 15.3. The molecule has 1 amide bonds. The number of ether oxygens (including phenoxy) is 1. The average Bonchev–Trinajstić information content (AvgIpc) is 2.85. The van der Waals surface area contributed by atoms with Crippen LogP contribution in [0.1, 0.15) is 39.5 Å². The number of hydrogen-bond donors (Lipinski definition) is 1. The summed E-state index contributed by atoms with van der Waals surface area (Å²) in [6.07, 6.45) is 4.21. The summed E-state index contributed by atoms with van der Waals surface area (Å²) in [6.45, 7) is 4.81. The maximum atomic E-state index is 12.7. The summed E-state index contributed by atoms with van der Waals surface area (Å²) < 4.78 is 5.27. The lowest BCUT2D eigenvalue weighted by molar-refractivity contribution is -0.147. The minimum atomic E-state index is -0.880. The van der Waals surface area contributed by atoms with Crippen LogP contribution in [0.25, 0.3) is 0 Å². The third-order valence-electron chi connectivity index (χ3n) is 5.02. The predicted octanol–water partition coefficient (Wildman–Crippen LogP) is 1.76. The van der Waals surface area contributed by atoms with Crippen LogP contribution in [0.3, 0.4) is 0 Å². The van der Waals surface area contributed by atoms with Gasteiger partial charge in [-0.1, -0.05) is 26.7 Å². The Bertz CT molecular complexity index is 393. The van der Waals surface area contributed by atoms with E-state index in [1.807, 2.05) is 0 Å². The number of aliphatic carboxylic acids is 1. The average molecular weight is 283 g/mol. The fourth-order valence-corrected chi connectivity index (χ4v) is 3.52. The van der Waals surface area contributed by atoms with Crippen LogP contribution in [0.5, 0.6) is 0 Å². The minimum absolute atomic E-state index is 0.00176. The smallest absolute Gasteiger partial charge is 0.311 e. The number of carbonyl (C=O) groups is 2. The van der Waals surface area contributed by atoms with Gasteiger partial charge in [0.2, 0.25) is 5.91 Å². The van der Waals surface area contributed by atoms with Crippen molar-refractivity contribution in [2.75, 3.05) is 20.3 Å². The number of carboxylic acid groups (broad SMARTS) is 1. The lowest BCUT2D eigenvalue weighted by Crippen LogP contribution is -2.49. The third-order valence-corrected chi connectivity index (χ3v) is 5.02. The zero-order valence-electron chi connectivity index (χ0n) is 12.6. The molecule has 0 aromatic rings. The molecule has 2 fully saturated rings. The van der Waals surface area contributed by atoms with E-state index in [1.54, 1.807) is 11.9 Å². The molecule has 0 aromatic heterocycles. The van der Waals surface area contributed by atoms with Crippen LogP contribution in [-0.2, 0) is 14.3 Å². The molecule has 20 heavy (non-hydrogen) atoms.